The maximum absolute atomic E-state index is 12.2. The molecule has 1 aromatic heterocycles. The Bertz CT molecular complexity index is 696. The minimum atomic E-state index is -1.01. The number of carboxylic acids is 1. The largest absolute Gasteiger partial charge is 0.482 e. The fourth-order valence-corrected chi connectivity index (χ4v) is 2.48. The number of carboxylic acid groups (broad SMARTS) is 1. The Morgan fingerprint density at radius 1 is 1.16 bits per heavy atom. The van der Waals surface area contributed by atoms with E-state index in [1.807, 2.05) is 32.0 Å². The van der Waals surface area contributed by atoms with Crippen LogP contribution in [0.3, 0.4) is 0 Å². The van der Waals surface area contributed by atoms with E-state index in [2.05, 4.69) is 5.32 Å². The van der Waals surface area contributed by atoms with Crippen LogP contribution < -0.4 is 10.1 Å². The number of aryl methyl sites for hydroxylation is 2. The summed E-state index contributed by atoms with van der Waals surface area (Å²) in [6.07, 6.45) is 2.27. The Morgan fingerprint density at radius 3 is 2.44 bits per heavy atom. The molecule has 0 spiro atoms. The van der Waals surface area contributed by atoms with Crippen LogP contribution in [0.2, 0.25) is 0 Å². The highest BCUT2D eigenvalue weighted by Gasteiger charge is 2.14. The van der Waals surface area contributed by atoms with Gasteiger partial charge in [-0.25, -0.2) is 4.79 Å². The van der Waals surface area contributed by atoms with Gasteiger partial charge >= 0.3 is 5.97 Å². The molecule has 0 saturated heterocycles. The van der Waals surface area contributed by atoms with Crippen LogP contribution in [0.5, 0.6) is 5.75 Å². The lowest BCUT2D eigenvalue weighted by atomic mass is 10.1. The number of hydrogen-bond acceptors (Lipinski definition) is 4. The molecule has 1 aromatic carbocycles. The summed E-state index contributed by atoms with van der Waals surface area (Å²) in [6, 6.07) is 8.94. The van der Waals surface area contributed by atoms with Gasteiger partial charge in [-0.1, -0.05) is 26.0 Å². The number of benzene rings is 1. The molecule has 0 unspecified atom stereocenters. The highest BCUT2D eigenvalue weighted by Crippen LogP contribution is 2.17. The molecule has 0 radical (unpaired) electrons. The standard InChI is InChI=1S/C19H23NO5/c1-3-14-11-17(25-16(14)4-2)19(23)20-10-9-13-5-7-15(8-6-13)24-12-18(21)22/h5-8,11H,3-4,9-10,12H2,1-2H3,(H,20,23)(H,21,22). The van der Waals surface area contributed by atoms with Crippen LogP contribution in [0.1, 0.15) is 41.3 Å². The number of hydrogen-bond donors (Lipinski definition) is 2. The molecule has 6 heteroatoms. The molecule has 6 nitrogen and oxygen atoms in total. The third kappa shape index (κ3) is 5.38. The minimum absolute atomic E-state index is 0.212. The zero-order chi connectivity index (χ0) is 18.2. The fourth-order valence-electron chi connectivity index (χ4n) is 2.48. The lowest BCUT2D eigenvalue weighted by molar-refractivity contribution is -0.139. The van der Waals surface area contributed by atoms with Crippen molar-refractivity contribution in [3.05, 3.63) is 53.0 Å². The van der Waals surface area contributed by atoms with Crippen molar-refractivity contribution in [3.8, 4) is 5.75 Å². The summed E-state index contributed by atoms with van der Waals surface area (Å²) in [5.41, 5.74) is 2.09. The fraction of sp³-hybridized carbons (Fsp3) is 0.368. The Morgan fingerprint density at radius 2 is 1.88 bits per heavy atom. The maximum Gasteiger partial charge on any atom is 0.341 e. The van der Waals surface area contributed by atoms with E-state index >= 15 is 0 Å². The Kier molecular flexibility index (Phi) is 6.62. The van der Waals surface area contributed by atoms with E-state index < -0.39 is 5.97 Å². The molecule has 0 aliphatic rings. The first-order valence-corrected chi connectivity index (χ1v) is 8.36. The van der Waals surface area contributed by atoms with Gasteiger partial charge in [-0.05, 0) is 42.2 Å². The van der Waals surface area contributed by atoms with E-state index in [0.717, 1.165) is 29.7 Å². The topological polar surface area (TPSA) is 88.8 Å². The Labute approximate surface area is 146 Å². The van der Waals surface area contributed by atoms with Crippen molar-refractivity contribution in [2.75, 3.05) is 13.2 Å². The smallest absolute Gasteiger partial charge is 0.341 e. The summed E-state index contributed by atoms with van der Waals surface area (Å²) >= 11 is 0. The molecule has 1 heterocycles. The number of aliphatic carboxylic acids is 1. The number of ether oxygens (including phenoxy) is 1. The molecule has 0 bridgehead atoms. The van der Waals surface area contributed by atoms with Gasteiger partial charge < -0.3 is 19.6 Å². The first-order valence-electron chi connectivity index (χ1n) is 8.36. The average molecular weight is 345 g/mol. The van der Waals surface area contributed by atoms with Crippen LogP contribution in [-0.4, -0.2) is 30.1 Å². The lowest BCUT2D eigenvalue weighted by Crippen LogP contribution is -2.25. The molecular weight excluding hydrogens is 322 g/mol. The van der Waals surface area contributed by atoms with Crippen LogP contribution in [0.25, 0.3) is 0 Å². The van der Waals surface area contributed by atoms with Gasteiger partial charge in [0.05, 0.1) is 0 Å². The number of carbonyl (C=O) groups is 2. The van der Waals surface area contributed by atoms with Gasteiger partial charge in [0.2, 0.25) is 0 Å². The van der Waals surface area contributed by atoms with Gasteiger partial charge in [0.25, 0.3) is 5.91 Å². The molecule has 0 aliphatic heterocycles. The summed E-state index contributed by atoms with van der Waals surface area (Å²) in [4.78, 5) is 22.6. The first-order chi connectivity index (χ1) is 12.0. The minimum Gasteiger partial charge on any atom is -0.482 e. The van der Waals surface area contributed by atoms with Crippen LogP contribution in [0.4, 0.5) is 0 Å². The molecule has 2 rings (SSSR count). The van der Waals surface area contributed by atoms with Crippen molar-refractivity contribution >= 4 is 11.9 Å². The quantitative estimate of drug-likeness (QED) is 0.729. The van der Waals surface area contributed by atoms with Gasteiger partial charge in [0.15, 0.2) is 12.4 Å². The van der Waals surface area contributed by atoms with E-state index in [1.165, 1.54) is 0 Å². The number of furan rings is 1. The third-order valence-electron chi connectivity index (χ3n) is 3.81. The average Bonchev–Trinajstić information content (AvgIpc) is 3.04. The van der Waals surface area contributed by atoms with Crippen molar-refractivity contribution in [1.82, 2.24) is 5.32 Å². The zero-order valence-electron chi connectivity index (χ0n) is 14.5. The van der Waals surface area contributed by atoms with Crippen LogP contribution in [0.15, 0.2) is 34.7 Å². The van der Waals surface area contributed by atoms with E-state index in [1.54, 1.807) is 12.1 Å². The number of nitrogens with one attached hydrogen (secondary N) is 1. The van der Waals surface area contributed by atoms with E-state index in [9.17, 15) is 9.59 Å². The van der Waals surface area contributed by atoms with Crippen LogP contribution in [0, 0.1) is 0 Å². The van der Waals surface area contributed by atoms with E-state index in [0.29, 0.717) is 24.5 Å². The molecular formula is C19H23NO5. The SMILES string of the molecule is CCc1cc(C(=O)NCCc2ccc(OCC(=O)O)cc2)oc1CC. The molecule has 2 aromatic rings. The summed E-state index contributed by atoms with van der Waals surface area (Å²) in [6.45, 7) is 4.16. The molecule has 0 aliphatic carbocycles. The maximum atomic E-state index is 12.2. The monoisotopic (exact) mass is 345 g/mol. The van der Waals surface area contributed by atoms with Crippen molar-refractivity contribution in [2.45, 2.75) is 33.1 Å². The molecule has 0 fully saturated rings. The zero-order valence-corrected chi connectivity index (χ0v) is 14.5. The van der Waals surface area contributed by atoms with Crippen molar-refractivity contribution in [2.24, 2.45) is 0 Å². The highest BCUT2D eigenvalue weighted by molar-refractivity contribution is 5.91. The van der Waals surface area contributed by atoms with Crippen molar-refractivity contribution in [1.29, 1.82) is 0 Å². The molecule has 2 N–H and O–H groups in total. The summed E-state index contributed by atoms with van der Waals surface area (Å²) in [7, 11) is 0. The van der Waals surface area contributed by atoms with Gasteiger partial charge in [-0.3, -0.25) is 4.79 Å². The summed E-state index contributed by atoms with van der Waals surface area (Å²) in [5, 5.41) is 11.4. The predicted molar refractivity (Wildman–Crippen MR) is 93.1 cm³/mol. The first kappa shape index (κ1) is 18.6. The molecule has 0 saturated carbocycles. The summed E-state index contributed by atoms with van der Waals surface area (Å²) < 4.78 is 10.7. The summed E-state index contributed by atoms with van der Waals surface area (Å²) in [5.74, 6) is 0.499. The number of amides is 1. The normalized spacial score (nSPS) is 10.5. The number of carbonyl (C=O) groups excluding carboxylic acids is 1. The number of rotatable bonds is 9. The van der Waals surface area contributed by atoms with E-state index in [-0.39, 0.29) is 12.5 Å². The third-order valence-corrected chi connectivity index (χ3v) is 3.81. The molecule has 134 valence electrons. The lowest BCUT2D eigenvalue weighted by Gasteiger charge is -2.06. The second kappa shape index (κ2) is 8.92. The van der Waals surface area contributed by atoms with Gasteiger partial charge in [-0.15, -0.1) is 0 Å². The second-order valence-corrected chi connectivity index (χ2v) is 5.60. The van der Waals surface area contributed by atoms with Crippen LogP contribution in [-0.2, 0) is 24.1 Å². The van der Waals surface area contributed by atoms with E-state index in [4.69, 9.17) is 14.3 Å². The Hall–Kier alpha value is -2.76. The predicted octanol–water partition coefficient (Wildman–Crippen LogP) is 2.84. The highest BCUT2D eigenvalue weighted by atomic mass is 16.5. The van der Waals surface area contributed by atoms with Crippen molar-refractivity contribution < 1.29 is 23.8 Å². The molecule has 1 amide bonds. The van der Waals surface area contributed by atoms with Gasteiger partial charge in [-0.2, -0.15) is 0 Å². The molecule has 25 heavy (non-hydrogen) atoms. The second-order valence-electron chi connectivity index (χ2n) is 5.60. The van der Waals surface area contributed by atoms with Gasteiger partial charge in [0, 0.05) is 13.0 Å². The van der Waals surface area contributed by atoms with Gasteiger partial charge in [0.1, 0.15) is 11.5 Å². The van der Waals surface area contributed by atoms with Crippen LogP contribution >= 0.6 is 0 Å². The van der Waals surface area contributed by atoms with Crippen molar-refractivity contribution in [3.63, 3.8) is 0 Å². The molecule has 0 atom stereocenters. The Balaban J connectivity index is 1.82.